The van der Waals surface area contributed by atoms with Crippen molar-refractivity contribution in [2.45, 2.75) is 44.5 Å². The molecule has 1 N–H and O–H groups in total. The number of anilines is 2. The number of fused-ring (bicyclic) bond motifs is 2. The van der Waals surface area contributed by atoms with Gasteiger partial charge in [0.2, 0.25) is 0 Å². The zero-order valence-electron chi connectivity index (χ0n) is 20.3. The zero-order valence-corrected chi connectivity index (χ0v) is 20.3. The molecule has 3 aromatic rings. The first-order valence-electron chi connectivity index (χ1n) is 12.3. The fourth-order valence-electron chi connectivity index (χ4n) is 5.07. The third kappa shape index (κ3) is 5.21. The van der Waals surface area contributed by atoms with Gasteiger partial charge in [-0.2, -0.15) is 13.2 Å². The number of hydrogen-bond donors (Lipinski definition) is 1. The Morgan fingerprint density at radius 3 is 2.68 bits per heavy atom. The second kappa shape index (κ2) is 10.2. The predicted octanol–water partition coefficient (Wildman–Crippen LogP) is 7.58. The van der Waals surface area contributed by atoms with Gasteiger partial charge in [-0.05, 0) is 79.8 Å². The minimum atomic E-state index is -4.84. The van der Waals surface area contributed by atoms with Gasteiger partial charge in [-0.3, -0.25) is 0 Å². The van der Waals surface area contributed by atoms with Crippen molar-refractivity contribution >= 4 is 17.5 Å². The van der Waals surface area contributed by atoms with Crippen LogP contribution in [0, 0.1) is 11.6 Å². The smallest absolute Gasteiger partial charge is 0.419 e. The number of nitrogens with one attached hydrogen (secondary N) is 1. The first-order valence-corrected chi connectivity index (χ1v) is 12.3. The lowest BCUT2D eigenvalue weighted by Crippen LogP contribution is -2.39. The van der Waals surface area contributed by atoms with E-state index < -0.39 is 29.5 Å². The van der Waals surface area contributed by atoms with Crippen LogP contribution in [0.5, 0.6) is 5.75 Å². The fraction of sp³-hybridized carbons (Fsp3) is 0.310. The van der Waals surface area contributed by atoms with Crippen molar-refractivity contribution in [3.63, 3.8) is 0 Å². The maximum absolute atomic E-state index is 14.7. The molecule has 0 saturated heterocycles. The van der Waals surface area contributed by atoms with Gasteiger partial charge in [0.25, 0.3) is 0 Å². The molecular formula is C29H27F5N2O. The van der Waals surface area contributed by atoms with Crippen LogP contribution in [0.1, 0.15) is 48.1 Å². The molecular weight excluding hydrogens is 487 g/mol. The van der Waals surface area contributed by atoms with Crippen LogP contribution in [-0.2, 0) is 12.6 Å². The van der Waals surface area contributed by atoms with Crippen molar-refractivity contribution in [1.29, 1.82) is 0 Å². The highest BCUT2D eigenvalue weighted by Gasteiger charge is 2.36. The van der Waals surface area contributed by atoms with E-state index in [0.717, 1.165) is 25.0 Å². The lowest BCUT2D eigenvalue weighted by atomic mass is 9.90. The van der Waals surface area contributed by atoms with Gasteiger partial charge in [-0.15, -0.1) is 0 Å². The summed E-state index contributed by atoms with van der Waals surface area (Å²) < 4.78 is 74.6. The maximum atomic E-state index is 14.7. The topological polar surface area (TPSA) is 24.5 Å². The Balaban J connectivity index is 1.34. The van der Waals surface area contributed by atoms with Gasteiger partial charge >= 0.3 is 6.18 Å². The predicted molar refractivity (Wildman–Crippen MR) is 134 cm³/mol. The quantitative estimate of drug-likeness (QED) is 0.343. The SMILES string of the molecule is CC(NCCC1CN(c2ccc(F)c(C(F)(F)F)c2)c2cccc(F)c2O1)c1cccc2c1C=CCC2. The van der Waals surface area contributed by atoms with E-state index in [1.165, 1.54) is 34.9 Å². The Morgan fingerprint density at radius 1 is 1.05 bits per heavy atom. The van der Waals surface area contributed by atoms with E-state index in [0.29, 0.717) is 18.7 Å². The average molecular weight is 515 g/mol. The average Bonchev–Trinajstić information content (AvgIpc) is 2.88. The van der Waals surface area contributed by atoms with Crippen LogP contribution in [0.2, 0.25) is 0 Å². The number of halogens is 5. The van der Waals surface area contributed by atoms with Crippen molar-refractivity contribution in [3.8, 4) is 5.75 Å². The number of alkyl halides is 3. The number of aryl methyl sites for hydroxylation is 1. The Morgan fingerprint density at radius 2 is 1.86 bits per heavy atom. The monoisotopic (exact) mass is 514 g/mol. The number of benzene rings is 3. The van der Waals surface area contributed by atoms with Crippen LogP contribution in [0.3, 0.4) is 0 Å². The lowest BCUT2D eigenvalue weighted by Gasteiger charge is -2.37. The molecule has 5 rings (SSSR count). The minimum Gasteiger partial charge on any atom is -0.483 e. The molecule has 0 fully saturated rings. The summed E-state index contributed by atoms with van der Waals surface area (Å²) in [6.07, 6.45) is 1.54. The normalized spacial score (nSPS) is 17.7. The van der Waals surface area contributed by atoms with Crippen LogP contribution in [0.15, 0.2) is 60.7 Å². The molecule has 0 saturated carbocycles. The standard InChI is InChI=1S/C29H27F5N2O/c1-18(22-9-4-7-19-6-2-3-8-23(19)22)35-15-14-21-17-36(27-11-5-10-26(31)28(27)37-21)20-12-13-25(30)24(16-20)29(32,33)34/h3-5,7-13,16,18,21,35H,2,6,14-15,17H2,1H3. The largest absolute Gasteiger partial charge is 0.483 e. The maximum Gasteiger partial charge on any atom is 0.419 e. The number of ether oxygens (including phenoxy) is 1. The van der Waals surface area contributed by atoms with E-state index in [4.69, 9.17) is 4.74 Å². The van der Waals surface area contributed by atoms with Gasteiger partial charge in [0.1, 0.15) is 11.9 Å². The van der Waals surface area contributed by atoms with Gasteiger partial charge in [-0.25, -0.2) is 8.78 Å². The number of nitrogens with zero attached hydrogens (tertiary/aromatic N) is 1. The number of rotatable bonds is 6. The minimum absolute atomic E-state index is 0.0213. The molecule has 0 amide bonds. The summed E-state index contributed by atoms with van der Waals surface area (Å²) in [6, 6.07) is 13.5. The second-order valence-corrected chi connectivity index (χ2v) is 9.43. The molecule has 37 heavy (non-hydrogen) atoms. The lowest BCUT2D eigenvalue weighted by molar-refractivity contribution is -0.139. The van der Waals surface area contributed by atoms with Crippen LogP contribution in [0.25, 0.3) is 6.08 Å². The molecule has 1 aliphatic carbocycles. The van der Waals surface area contributed by atoms with Gasteiger partial charge in [0, 0.05) is 11.7 Å². The number of para-hydroxylation sites is 1. The Bertz CT molecular complexity index is 1320. The second-order valence-electron chi connectivity index (χ2n) is 9.43. The highest BCUT2D eigenvalue weighted by Crippen LogP contribution is 2.42. The third-order valence-electron chi connectivity index (χ3n) is 6.95. The molecule has 3 nitrogen and oxygen atoms in total. The first kappa shape index (κ1) is 25.3. The van der Waals surface area contributed by atoms with E-state index >= 15 is 0 Å². The summed E-state index contributed by atoms with van der Waals surface area (Å²) in [5.41, 5.74) is 2.83. The zero-order chi connectivity index (χ0) is 26.2. The van der Waals surface area contributed by atoms with Crippen LogP contribution in [0.4, 0.5) is 33.3 Å². The Kier molecular flexibility index (Phi) is 6.94. The van der Waals surface area contributed by atoms with Crippen molar-refractivity contribution in [2.24, 2.45) is 0 Å². The molecule has 8 heteroatoms. The molecule has 2 unspecified atom stereocenters. The third-order valence-corrected chi connectivity index (χ3v) is 6.95. The number of hydrogen-bond acceptors (Lipinski definition) is 3. The van der Waals surface area contributed by atoms with Gasteiger partial charge in [-0.1, -0.05) is 36.4 Å². The van der Waals surface area contributed by atoms with E-state index in [-0.39, 0.29) is 24.0 Å². The van der Waals surface area contributed by atoms with Crippen LogP contribution < -0.4 is 15.0 Å². The first-order chi connectivity index (χ1) is 17.7. The van der Waals surface area contributed by atoms with Crippen molar-refractivity contribution in [1.82, 2.24) is 5.32 Å². The molecule has 2 aliphatic rings. The summed E-state index contributed by atoms with van der Waals surface area (Å²) >= 11 is 0. The van der Waals surface area contributed by atoms with Gasteiger partial charge < -0.3 is 15.0 Å². The van der Waals surface area contributed by atoms with Gasteiger partial charge in [0.05, 0.1) is 17.8 Å². The summed E-state index contributed by atoms with van der Waals surface area (Å²) in [7, 11) is 0. The van der Waals surface area contributed by atoms with Crippen molar-refractivity contribution in [3.05, 3.63) is 94.6 Å². The summed E-state index contributed by atoms with van der Waals surface area (Å²) in [5.74, 6) is -1.97. The van der Waals surface area contributed by atoms with Crippen LogP contribution in [-0.4, -0.2) is 19.2 Å². The van der Waals surface area contributed by atoms with Gasteiger partial charge in [0.15, 0.2) is 11.6 Å². The van der Waals surface area contributed by atoms with E-state index in [9.17, 15) is 22.0 Å². The summed E-state index contributed by atoms with van der Waals surface area (Å²) in [5, 5.41) is 3.50. The summed E-state index contributed by atoms with van der Waals surface area (Å²) in [4.78, 5) is 1.56. The Labute approximate surface area is 212 Å². The highest BCUT2D eigenvalue weighted by atomic mass is 19.4. The van der Waals surface area contributed by atoms with Crippen molar-refractivity contribution < 1.29 is 26.7 Å². The van der Waals surface area contributed by atoms with Crippen LogP contribution >= 0.6 is 0 Å². The van der Waals surface area contributed by atoms with E-state index in [2.05, 4.69) is 42.6 Å². The molecule has 0 radical (unpaired) electrons. The molecule has 0 aromatic heterocycles. The molecule has 1 aliphatic heterocycles. The van der Waals surface area contributed by atoms with E-state index in [1.807, 2.05) is 0 Å². The molecule has 194 valence electrons. The summed E-state index contributed by atoms with van der Waals surface area (Å²) in [6.45, 7) is 2.82. The highest BCUT2D eigenvalue weighted by molar-refractivity contribution is 5.71. The molecule has 3 aromatic carbocycles. The van der Waals surface area contributed by atoms with Crippen molar-refractivity contribution in [2.75, 3.05) is 18.0 Å². The molecule has 0 spiro atoms. The number of allylic oxidation sites excluding steroid dienone is 1. The Hall–Kier alpha value is -3.39. The molecule has 2 atom stereocenters. The molecule has 1 heterocycles. The van der Waals surface area contributed by atoms with E-state index in [1.54, 1.807) is 11.0 Å². The fourth-order valence-corrected chi connectivity index (χ4v) is 5.07. The molecule has 0 bridgehead atoms.